The molecule has 1 heteroatoms. The van der Waals surface area contributed by atoms with Gasteiger partial charge in [-0.3, -0.25) is 0 Å². The molecule has 0 heterocycles. The molecule has 74 valence electrons. The van der Waals surface area contributed by atoms with Gasteiger partial charge in [0.15, 0.2) is 0 Å². The first-order valence-corrected chi connectivity index (χ1v) is 4.68. The normalized spacial score (nSPS) is 14.6. The van der Waals surface area contributed by atoms with E-state index < -0.39 is 0 Å². The summed E-state index contributed by atoms with van der Waals surface area (Å²) in [5.74, 6) is 0. The first-order valence-electron chi connectivity index (χ1n) is 4.68. The molecule has 13 heavy (non-hydrogen) atoms. The highest BCUT2D eigenvalue weighted by Gasteiger charge is 1.85. The molecule has 0 aromatic carbocycles. The molecule has 0 radical (unpaired) electrons. The number of rotatable bonds is 4. The van der Waals surface area contributed by atoms with Crippen molar-refractivity contribution in [3.63, 3.8) is 0 Å². The van der Waals surface area contributed by atoms with E-state index in [0.717, 1.165) is 6.54 Å². The summed E-state index contributed by atoms with van der Waals surface area (Å²) in [6, 6.07) is 0. The molecular formula is C12H21N. The van der Waals surface area contributed by atoms with Crippen molar-refractivity contribution < 1.29 is 0 Å². The van der Waals surface area contributed by atoms with Crippen LogP contribution in [0.25, 0.3) is 0 Å². The Balaban J connectivity index is 4.06. The minimum absolute atomic E-state index is 1.01. The Hall–Kier alpha value is -0.820. The summed E-state index contributed by atoms with van der Waals surface area (Å²) in [7, 11) is 4.15. The van der Waals surface area contributed by atoms with Crippen molar-refractivity contribution in [3.05, 3.63) is 35.5 Å². The summed E-state index contributed by atoms with van der Waals surface area (Å²) in [6.07, 6.45) is 8.62. The molecule has 0 aliphatic rings. The summed E-state index contributed by atoms with van der Waals surface area (Å²) in [5, 5.41) is 0. The molecular weight excluding hydrogens is 158 g/mol. The van der Waals surface area contributed by atoms with Crippen LogP contribution in [0.15, 0.2) is 35.5 Å². The van der Waals surface area contributed by atoms with Crippen molar-refractivity contribution in [1.29, 1.82) is 0 Å². The van der Waals surface area contributed by atoms with Crippen LogP contribution in [0.1, 0.15) is 20.8 Å². The smallest absolute Gasteiger partial charge is 0.0162 e. The fourth-order valence-corrected chi connectivity index (χ4v) is 0.754. The first-order chi connectivity index (χ1) is 6.06. The van der Waals surface area contributed by atoms with E-state index in [1.807, 2.05) is 0 Å². The summed E-state index contributed by atoms with van der Waals surface area (Å²) in [5.41, 5.74) is 2.62. The lowest BCUT2D eigenvalue weighted by atomic mass is 10.2. The van der Waals surface area contributed by atoms with Gasteiger partial charge >= 0.3 is 0 Å². The van der Waals surface area contributed by atoms with Crippen molar-refractivity contribution in [1.82, 2.24) is 4.90 Å². The fraction of sp³-hybridized carbons (Fsp3) is 0.500. The Morgan fingerprint density at radius 1 is 1.08 bits per heavy atom. The third-order valence-electron chi connectivity index (χ3n) is 1.84. The fourth-order valence-electron chi connectivity index (χ4n) is 0.754. The van der Waals surface area contributed by atoms with E-state index in [1.165, 1.54) is 11.1 Å². The molecule has 0 aromatic heterocycles. The predicted molar refractivity (Wildman–Crippen MR) is 60.9 cm³/mol. The lowest BCUT2D eigenvalue weighted by molar-refractivity contribution is 0.456. The zero-order chi connectivity index (χ0) is 10.3. The van der Waals surface area contributed by atoms with Crippen molar-refractivity contribution in [2.45, 2.75) is 20.8 Å². The average Bonchev–Trinajstić information content (AvgIpc) is 2.10. The highest BCUT2D eigenvalue weighted by atomic mass is 15.0. The number of nitrogens with zero attached hydrogens (tertiary/aromatic N) is 1. The second-order valence-corrected chi connectivity index (χ2v) is 3.58. The molecule has 0 amide bonds. The SMILES string of the molecule is C/C=C(C)/C=C/C(C)=C/CN(C)C. The largest absolute Gasteiger partial charge is 0.306 e. The Morgan fingerprint density at radius 3 is 2.08 bits per heavy atom. The molecule has 0 atom stereocenters. The third-order valence-corrected chi connectivity index (χ3v) is 1.84. The van der Waals surface area contributed by atoms with Gasteiger partial charge in [0.1, 0.15) is 0 Å². The van der Waals surface area contributed by atoms with Gasteiger partial charge in [0, 0.05) is 6.54 Å². The molecule has 0 spiro atoms. The quantitative estimate of drug-likeness (QED) is 0.600. The van der Waals surface area contributed by atoms with Crippen LogP contribution in [0.3, 0.4) is 0 Å². The van der Waals surface area contributed by atoms with E-state index in [0.29, 0.717) is 0 Å². The molecule has 0 aliphatic carbocycles. The number of hydrogen-bond acceptors (Lipinski definition) is 1. The van der Waals surface area contributed by atoms with Gasteiger partial charge in [-0.2, -0.15) is 0 Å². The minimum Gasteiger partial charge on any atom is -0.306 e. The van der Waals surface area contributed by atoms with E-state index in [-0.39, 0.29) is 0 Å². The van der Waals surface area contributed by atoms with Gasteiger partial charge in [-0.05, 0) is 34.9 Å². The van der Waals surface area contributed by atoms with Crippen molar-refractivity contribution in [2.24, 2.45) is 0 Å². The molecule has 0 rings (SSSR count). The van der Waals surface area contributed by atoms with Crippen molar-refractivity contribution >= 4 is 0 Å². The maximum absolute atomic E-state index is 2.22. The van der Waals surface area contributed by atoms with Gasteiger partial charge in [0.05, 0.1) is 0 Å². The monoisotopic (exact) mass is 179 g/mol. The summed E-state index contributed by atoms with van der Waals surface area (Å²) >= 11 is 0. The zero-order valence-corrected chi connectivity index (χ0v) is 9.46. The molecule has 0 bridgehead atoms. The Bertz CT molecular complexity index is 219. The molecule has 0 saturated heterocycles. The van der Waals surface area contributed by atoms with Crippen LogP contribution >= 0.6 is 0 Å². The molecule has 0 fully saturated rings. The van der Waals surface area contributed by atoms with Gasteiger partial charge in [0.2, 0.25) is 0 Å². The zero-order valence-electron chi connectivity index (χ0n) is 9.46. The molecule has 0 aliphatic heterocycles. The van der Waals surface area contributed by atoms with E-state index >= 15 is 0 Å². The molecule has 0 saturated carbocycles. The van der Waals surface area contributed by atoms with Gasteiger partial charge in [-0.25, -0.2) is 0 Å². The predicted octanol–water partition coefficient (Wildman–Crippen LogP) is 3.02. The van der Waals surface area contributed by atoms with Crippen LogP contribution in [-0.2, 0) is 0 Å². The topological polar surface area (TPSA) is 3.24 Å². The second-order valence-electron chi connectivity index (χ2n) is 3.58. The molecule has 0 aromatic rings. The van der Waals surface area contributed by atoms with E-state index in [9.17, 15) is 0 Å². The van der Waals surface area contributed by atoms with Crippen LogP contribution in [0.2, 0.25) is 0 Å². The van der Waals surface area contributed by atoms with Crippen LogP contribution in [0.5, 0.6) is 0 Å². The first kappa shape index (κ1) is 12.2. The van der Waals surface area contributed by atoms with Gasteiger partial charge in [0.25, 0.3) is 0 Å². The maximum Gasteiger partial charge on any atom is 0.0162 e. The van der Waals surface area contributed by atoms with E-state index in [1.54, 1.807) is 0 Å². The van der Waals surface area contributed by atoms with Crippen molar-refractivity contribution in [2.75, 3.05) is 20.6 Å². The summed E-state index contributed by atoms with van der Waals surface area (Å²) in [4.78, 5) is 2.15. The Morgan fingerprint density at radius 2 is 1.62 bits per heavy atom. The van der Waals surface area contributed by atoms with Gasteiger partial charge in [-0.1, -0.05) is 35.5 Å². The van der Waals surface area contributed by atoms with Crippen LogP contribution < -0.4 is 0 Å². The third kappa shape index (κ3) is 7.54. The van der Waals surface area contributed by atoms with Crippen molar-refractivity contribution in [3.8, 4) is 0 Å². The maximum atomic E-state index is 2.22. The molecule has 0 unspecified atom stereocenters. The molecule has 0 N–H and O–H groups in total. The lowest BCUT2D eigenvalue weighted by Gasteiger charge is -2.04. The number of likely N-dealkylation sites (N-methyl/N-ethyl adjacent to an activating group) is 1. The highest BCUT2D eigenvalue weighted by Crippen LogP contribution is 2.00. The molecule has 1 nitrogen and oxygen atoms in total. The Labute approximate surface area is 82.4 Å². The minimum atomic E-state index is 1.01. The standard InChI is InChI=1S/C12H21N/c1-6-11(2)7-8-12(3)9-10-13(4)5/h6-9H,10H2,1-5H3/b8-7+,11-6+,12-9+. The van der Waals surface area contributed by atoms with Gasteiger partial charge < -0.3 is 4.90 Å². The van der Waals surface area contributed by atoms with Crippen LogP contribution in [0.4, 0.5) is 0 Å². The average molecular weight is 179 g/mol. The lowest BCUT2D eigenvalue weighted by Crippen LogP contribution is -2.10. The van der Waals surface area contributed by atoms with E-state index in [4.69, 9.17) is 0 Å². The van der Waals surface area contributed by atoms with E-state index in [2.05, 4.69) is 64.1 Å². The van der Waals surface area contributed by atoms with Crippen LogP contribution in [0, 0.1) is 0 Å². The highest BCUT2D eigenvalue weighted by molar-refractivity contribution is 5.25. The van der Waals surface area contributed by atoms with Gasteiger partial charge in [-0.15, -0.1) is 0 Å². The number of allylic oxidation sites excluding steroid dienone is 5. The van der Waals surface area contributed by atoms with Crippen LogP contribution in [-0.4, -0.2) is 25.5 Å². The number of hydrogen-bond donors (Lipinski definition) is 0. The summed E-state index contributed by atoms with van der Waals surface area (Å²) < 4.78 is 0. The Kier molecular flexibility index (Phi) is 6.25. The second kappa shape index (κ2) is 6.67. The summed E-state index contributed by atoms with van der Waals surface area (Å²) in [6.45, 7) is 7.29.